The van der Waals surface area contributed by atoms with E-state index in [4.69, 9.17) is 5.11 Å². The molecule has 18 heavy (non-hydrogen) atoms. The molecule has 0 saturated heterocycles. The molecule has 90 valence electrons. The molecule has 0 aliphatic carbocycles. The molecule has 0 aliphatic rings. The Hall–Kier alpha value is -2.69. The maximum absolute atomic E-state index is 10.9. The van der Waals surface area contributed by atoms with Gasteiger partial charge in [-0.1, -0.05) is 30.3 Å². The van der Waals surface area contributed by atoms with Gasteiger partial charge in [0.1, 0.15) is 0 Å². The molecule has 1 aromatic carbocycles. The zero-order valence-corrected chi connectivity index (χ0v) is 9.33. The Kier molecular flexibility index (Phi) is 3.33. The number of nitrogens with zero attached hydrogens (tertiary/aromatic N) is 1. The number of carboxylic acid groups (broad SMARTS) is 1. The number of rotatable bonds is 3. The van der Waals surface area contributed by atoms with Gasteiger partial charge in [-0.25, -0.2) is 4.79 Å². The minimum Gasteiger partial charge on any atom is -0.465 e. The molecule has 0 unspecified atom stereocenters. The van der Waals surface area contributed by atoms with Crippen LogP contribution in [0.1, 0.15) is 10.4 Å². The molecule has 0 atom stereocenters. The molecular weight excluding hydrogens is 232 g/mol. The number of hydrogen-bond acceptors (Lipinski definition) is 3. The van der Waals surface area contributed by atoms with E-state index in [1.54, 1.807) is 6.07 Å². The maximum atomic E-state index is 10.9. The zero-order valence-electron chi connectivity index (χ0n) is 9.33. The summed E-state index contributed by atoms with van der Waals surface area (Å²) in [4.78, 5) is 25.6. The van der Waals surface area contributed by atoms with Gasteiger partial charge >= 0.3 is 6.09 Å². The van der Waals surface area contributed by atoms with E-state index in [9.17, 15) is 9.59 Å². The lowest BCUT2D eigenvalue weighted by atomic mass is 10.1. The van der Waals surface area contributed by atoms with E-state index in [2.05, 4.69) is 10.3 Å². The van der Waals surface area contributed by atoms with E-state index in [-0.39, 0.29) is 11.3 Å². The van der Waals surface area contributed by atoms with Crippen molar-refractivity contribution >= 4 is 18.1 Å². The van der Waals surface area contributed by atoms with Crippen molar-refractivity contribution in [2.24, 2.45) is 0 Å². The van der Waals surface area contributed by atoms with Gasteiger partial charge in [0.05, 0.1) is 17.6 Å². The van der Waals surface area contributed by atoms with Crippen molar-refractivity contribution in [1.29, 1.82) is 0 Å². The molecule has 1 heterocycles. The highest BCUT2D eigenvalue weighted by molar-refractivity contribution is 5.93. The Morgan fingerprint density at radius 1 is 1.28 bits per heavy atom. The van der Waals surface area contributed by atoms with Crippen molar-refractivity contribution < 1.29 is 14.7 Å². The van der Waals surface area contributed by atoms with E-state index in [1.807, 2.05) is 30.3 Å². The number of hydrogen-bond donors (Lipinski definition) is 2. The van der Waals surface area contributed by atoms with Gasteiger partial charge in [0.25, 0.3) is 0 Å². The summed E-state index contributed by atoms with van der Waals surface area (Å²) in [5.41, 5.74) is 1.92. The number of amides is 1. The summed E-state index contributed by atoms with van der Waals surface area (Å²) < 4.78 is 0. The Morgan fingerprint density at radius 2 is 2.00 bits per heavy atom. The van der Waals surface area contributed by atoms with Gasteiger partial charge in [-0.3, -0.25) is 15.1 Å². The Morgan fingerprint density at radius 3 is 2.61 bits per heavy atom. The van der Waals surface area contributed by atoms with Crippen LogP contribution in [0.25, 0.3) is 11.3 Å². The molecule has 0 saturated carbocycles. The zero-order chi connectivity index (χ0) is 13.0. The second-order valence-corrected chi connectivity index (χ2v) is 3.57. The van der Waals surface area contributed by atoms with Crippen molar-refractivity contribution in [3.05, 3.63) is 48.2 Å². The van der Waals surface area contributed by atoms with Crippen molar-refractivity contribution in [3.63, 3.8) is 0 Å². The highest BCUT2D eigenvalue weighted by Crippen LogP contribution is 2.21. The number of benzene rings is 1. The number of aromatic nitrogens is 1. The predicted molar refractivity (Wildman–Crippen MR) is 66.7 cm³/mol. The van der Waals surface area contributed by atoms with Gasteiger partial charge in [0.2, 0.25) is 0 Å². The van der Waals surface area contributed by atoms with Crippen LogP contribution in [-0.4, -0.2) is 22.5 Å². The van der Waals surface area contributed by atoms with Crippen molar-refractivity contribution in [2.75, 3.05) is 5.32 Å². The second kappa shape index (κ2) is 5.09. The summed E-state index contributed by atoms with van der Waals surface area (Å²) in [7, 11) is 0. The topological polar surface area (TPSA) is 79.3 Å². The van der Waals surface area contributed by atoms with Gasteiger partial charge < -0.3 is 5.11 Å². The van der Waals surface area contributed by atoms with Crippen molar-refractivity contribution in [3.8, 4) is 11.3 Å². The number of aldehydes is 1. The quantitative estimate of drug-likeness (QED) is 0.811. The maximum Gasteiger partial charge on any atom is 0.409 e. The number of anilines is 1. The van der Waals surface area contributed by atoms with Gasteiger partial charge in [-0.15, -0.1) is 0 Å². The number of carbonyl (C=O) groups is 2. The van der Waals surface area contributed by atoms with Gasteiger partial charge in [-0.05, 0) is 6.07 Å². The summed E-state index contributed by atoms with van der Waals surface area (Å²) >= 11 is 0. The van der Waals surface area contributed by atoms with E-state index < -0.39 is 6.09 Å². The molecule has 5 nitrogen and oxygen atoms in total. The van der Waals surface area contributed by atoms with Crippen molar-refractivity contribution in [2.45, 2.75) is 0 Å². The molecule has 1 amide bonds. The fourth-order valence-corrected chi connectivity index (χ4v) is 1.55. The van der Waals surface area contributed by atoms with Crippen LogP contribution >= 0.6 is 0 Å². The van der Waals surface area contributed by atoms with E-state index in [1.165, 1.54) is 6.20 Å². The molecule has 1 aromatic heterocycles. The van der Waals surface area contributed by atoms with Crippen LogP contribution in [0.3, 0.4) is 0 Å². The Bertz CT molecular complexity index is 582. The molecule has 2 rings (SSSR count). The predicted octanol–water partition coefficient (Wildman–Crippen LogP) is 2.65. The van der Waals surface area contributed by atoms with Gasteiger partial charge in [-0.2, -0.15) is 0 Å². The molecule has 0 aliphatic heterocycles. The van der Waals surface area contributed by atoms with E-state index in [0.29, 0.717) is 12.0 Å². The summed E-state index contributed by atoms with van der Waals surface area (Å²) in [5, 5.41) is 10.7. The smallest absolute Gasteiger partial charge is 0.409 e. The molecule has 5 heteroatoms. The van der Waals surface area contributed by atoms with Gasteiger partial charge in [0, 0.05) is 11.1 Å². The first-order chi connectivity index (χ1) is 8.70. The second-order valence-electron chi connectivity index (χ2n) is 3.57. The standard InChI is InChI=1S/C13H10N2O3/c16-8-10-6-11(9-4-2-1-3-5-9)14-7-12(10)15-13(17)18/h1-8,15H,(H,17,18). The van der Waals surface area contributed by atoms with Crippen LogP contribution in [0, 0.1) is 0 Å². The van der Waals surface area contributed by atoms with Crippen LogP contribution in [0.4, 0.5) is 10.5 Å². The third-order valence-corrected chi connectivity index (χ3v) is 2.37. The largest absolute Gasteiger partial charge is 0.465 e. The third-order valence-electron chi connectivity index (χ3n) is 2.37. The fraction of sp³-hybridized carbons (Fsp3) is 0. The average Bonchev–Trinajstić information content (AvgIpc) is 2.39. The fourth-order valence-electron chi connectivity index (χ4n) is 1.55. The van der Waals surface area contributed by atoms with Gasteiger partial charge in [0.15, 0.2) is 6.29 Å². The van der Waals surface area contributed by atoms with Crippen LogP contribution < -0.4 is 5.32 Å². The summed E-state index contributed by atoms with van der Waals surface area (Å²) in [6.07, 6.45) is 0.701. The summed E-state index contributed by atoms with van der Waals surface area (Å²) in [6, 6.07) is 10.9. The van der Waals surface area contributed by atoms with Crippen LogP contribution in [0.15, 0.2) is 42.6 Å². The lowest BCUT2D eigenvalue weighted by Crippen LogP contribution is -2.09. The summed E-state index contributed by atoms with van der Waals surface area (Å²) in [6.45, 7) is 0. The normalized spacial score (nSPS) is 9.78. The molecule has 0 fully saturated rings. The first-order valence-corrected chi connectivity index (χ1v) is 5.21. The Labute approximate surface area is 103 Å². The molecular formula is C13H10N2O3. The van der Waals surface area contributed by atoms with Crippen LogP contribution in [0.2, 0.25) is 0 Å². The average molecular weight is 242 g/mol. The van der Waals surface area contributed by atoms with E-state index >= 15 is 0 Å². The van der Waals surface area contributed by atoms with Crippen LogP contribution in [0.5, 0.6) is 0 Å². The highest BCUT2D eigenvalue weighted by atomic mass is 16.4. The first kappa shape index (κ1) is 11.8. The number of carbonyl (C=O) groups excluding carboxylic acids is 1. The summed E-state index contributed by atoms with van der Waals surface area (Å²) in [5.74, 6) is 0. The van der Waals surface area contributed by atoms with Crippen LogP contribution in [-0.2, 0) is 0 Å². The highest BCUT2D eigenvalue weighted by Gasteiger charge is 2.08. The SMILES string of the molecule is O=Cc1cc(-c2ccccc2)ncc1NC(=O)O. The molecule has 0 bridgehead atoms. The molecule has 2 N–H and O–H groups in total. The Balaban J connectivity index is 2.42. The molecule has 0 radical (unpaired) electrons. The lowest BCUT2D eigenvalue weighted by molar-refractivity contribution is 0.112. The minimum absolute atomic E-state index is 0.178. The minimum atomic E-state index is -1.23. The van der Waals surface area contributed by atoms with Crippen molar-refractivity contribution in [1.82, 2.24) is 4.98 Å². The lowest BCUT2D eigenvalue weighted by Gasteiger charge is -2.06. The first-order valence-electron chi connectivity index (χ1n) is 5.21. The monoisotopic (exact) mass is 242 g/mol. The number of pyridine rings is 1. The third kappa shape index (κ3) is 2.52. The molecule has 2 aromatic rings. The van der Waals surface area contributed by atoms with E-state index in [0.717, 1.165) is 5.56 Å². The number of nitrogens with one attached hydrogen (secondary N) is 1. The molecule has 0 spiro atoms.